The van der Waals surface area contributed by atoms with Gasteiger partial charge < -0.3 is 14.4 Å². The van der Waals surface area contributed by atoms with Crippen LogP contribution >= 0.6 is 0 Å². The smallest absolute Gasteiger partial charge is 0.212 e. The van der Waals surface area contributed by atoms with Crippen LogP contribution in [0.25, 0.3) is 16.6 Å². The highest BCUT2D eigenvalue weighted by molar-refractivity contribution is 5.85. The molecule has 9 nitrogen and oxygen atoms in total. The highest BCUT2D eigenvalue weighted by Crippen LogP contribution is 2.36. The van der Waals surface area contributed by atoms with Gasteiger partial charge in [0.25, 0.3) is 0 Å². The Morgan fingerprint density at radius 2 is 1.98 bits per heavy atom. The topological polar surface area (TPSA) is 91.8 Å². The van der Waals surface area contributed by atoms with Gasteiger partial charge in [0.2, 0.25) is 5.88 Å². The van der Waals surface area contributed by atoms with Crippen LogP contribution in [0.4, 0.5) is 5.82 Å². The summed E-state index contributed by atoms with van der Waals surface area (Å²) in [6.07, 6.45) is 10.3. The van der Waals surface area contributed by atoms with Crippen LogP contribution in [-0.2, 0) is 6.54 Å². The van der Waals surface area contributed by atoms with Crippen LogP contribution in [0.5, 0.6) is 11.6 Å². The molecule has 40 heavy (non-hydrogen) atoms. The summed E-state index contributed by atoms with van der Waals surface area (Å²) in [6, 6.07) is 13.4. The third-order valence-corrected chi connectivity index (χ3v) is 7.82. The average molecular weight is 536 g/mol. The summed E-state index contributed by atoms with van der Waals surface area (Å²) in [7, 11) is 1.64. The van der Waals surface area contributed by atoms with Gasteiger partial charge in [-0.25, -0.2) is 14.5 Å². The van der Waals surface area contributed by atoms with Crippen molar-refractivity contribution >= 4 is 11.3 Å². The molecule has 2 bridgehead atoms. The number of ether oxygens (including phenoxy) is 2. The van der Waals surface area contributed by atoms with E-state index in [2.05, 4.69) is 50.7 Å². The maximum absolute atomic E-state index is 9.69. The largest absolute Gasteiger partial charge is 0.492 e. The molecule has 4 aromatic rings. The van der Waals surface area contributed by atoms with E-state index in [1.165, 1.54) is 12.0 Å². The maximum Gasteiger partial charge on any atom is 0.212 e. The summed E-state index contributed by atoms with van der Waals surface area (Å²) in [4.78, 5) is 14.1. The molecule has 0 saturated carbocycles. The summed E-state index contributed by atoms with van der Waals surface area (Å²) in [5, 5.41) is 14.1. The van der Waals surface area contributed by atoms with Crippen molar-refractivity contribution < 1.29 is 9.47 Å². The Hall–Kier alpha value is -4.42. The van der Waals surface area contributed by atoms with Crippen molar-refractivity contribution in [1.82, 2.24) is 24.5 Å². The van der Waals surface area contributed by atoms with E-state index in [4.69, 9.17) is 14.5 Å². The van der Waals surface area contributed by atoms with Gasteiger partial charge in [-0.1, -0.05) is 11.6 Å². The van der Waals surface area contributed by atoms with Crippen molar-refractivity contribution in [2.45, 2.75) is 44.8 Å². The molecular formula is C31H33N7O2. The van der Waals surface area contributed by atoms with Crippen molar-refractivity contribution in [3.8, 4) is 28.8 Å². The fourth-order valence-electron chi connectivity index (χ4n) is 5.74. The molecule has 0 N–H and O–H groups in total. The molecule has 2 atom stereocenters. The summed E-state index contributed by atoms with van der Waals surface area (Å²) in [6.45, 7) is 9.38. The number of anilines is 1. The third kappa shape index (κ3) is 5.10. The van der Waals surface area contributed by atoms with Crippen molar-refractivity contribution in [3.63, 3.8) is 0 Å². The lowest BCUT2D eigenvalue weighted by Gasteiger charge is -2.56. The number of hydrogen-bond acceptors (Lipinski definition) is 8. The lowest BCUT2D eigenvalue weighted by atomic mass is 9.87. The summed E-state index contributed by atoms with van der Waals surface area (Å²) < 4.78 is 12.9. The van der Waals surface area contributed by atoms with Crippen LogP contribution in [-0.4, -0.2) is 63.4 Å². The number of nitrogens with zero attached hydrogens (tertiary/aromatic N) is 7. The number of aromatic nitrogens is 4. The number of methoxy groups -OCH3 is 1. The molecule has 0 amide bonds. The molecule has 3 fully saturated rings. The molecule has 0 aliphatic carbocycles. The van der Waals surface area contributed by atoms with E-state index >= 15 is 0 Å². The molecule has 3 saturated heterocycles. The molecule has 7 heterocycles. The first-order valence-corrected chi connectivity index (χ1v) is 13.7. The molecule has 3 aliphatic rings. The predicted molar refractivity (Wildman–Crippen MR) is 153 cm³/mol. The molecule has 7 rings (SSSR count). The fraction of sp³-hybridized carbons (Fsp3) is 0.355. The number of piperazine rings is 1. The van der Waals surface area contributed by atoms with Crippen LogP contribution in [0.3, 0.4) is 0 Å². The Morgan fingerprint density at radius 3 is 2.65 bits per heavy atom. The second-order valence-electron chi connectivity index (χ2n) is 10.7. The number of fused-ring (bicyclic) bond motifs is 3. The minimum Gasteiger partial charge on any atom is -0.492 e. The van der Waals surface area contributed by atoms with E-state index in [9.17, 15) is 5.26 Å². The SMILES string of the molecule is C=C(C)CCCOc1cc(-c2ccc(N3CC4CC(C3)N4Cc3ccc(OC)nc3)nc2)c2c(C#N)cnn2c1. The second kappa shape index (κ2) is 11.0. The highest BCUT2D eigenvalue weighted by Gasteiger charge is 2.44. The van der Waals surface area contributed by atoms with E-state index in [0.717, 1.165) is 60.5 Å². The van der Waals surface area contributed by atoms with Gasteiger partial charge in [-0.05, 0) is 49.9 Å². The Bertz CT molecular complexity index is 1540. The summed E-state index contributed by atoms with van der Waals surface area (Å²) in [5.74, 6) is 2.33. The van der Waals surface area contributed by atoms with Crippen LogP contribution in [0.15, 0.2) is 67.3 Å². The minimum atomic E-state index is 0.505. The lowest BCUT2D eigenvalue weighted by Crippen LogP contribution is -2.68. The molecule has 0 aromatic carbocycles. The van der Waals surface area contributed by atoms with Gasteiger partial charge in [-0.3, -0.25) is 4.90 Å². The third-order valence-electron chi connectivity index (χ3n) is 7.82. The quantitative estimate of drug-likeness (QED) is 0.210. The average Bonchev–Trinajstić information content (AvgIpc) is 3.41. The Morgan fingerprint density at radius 1 is 1.12 bits per heavy atom. The normalized spacial score (nSPS) is 18.3. The molecule has 4 aromatic heterocycles. The Balaban J connectivity index is 1.17. The van der Waals surface area contributed by atoms with Crippen molar-refractivity contribution in [3.05, 3.63) is 78.4 Å². The Labute approximate surface area is 234 Å². The van der Waals surface area contributed by atoms with Crippen LogP contribution in [0, 0.1) is 11.3 Å². The van der Waals surface area contributed by atoms with E-state index in [0.29, 0.717) is 35.9 Å². The molecule has 3 aliphatic heterocycles. The van der Waals surface area contributed by atoms with Gasteiger partial charge in [-0.15, -0.1) is 6.58 Å². The van der Waals surface area contributed by atoms with Gasteiger partial charge >= 0.3 is 0 Å². The van der Waals surface area contributed by atoms with Gasteiger partial charge in [0, 0.05) is 61.3 Å². The number of pyridine rings is 3. The number of rotatable bonds is 10. The number of hydrogen-bond donors (Lipinski definition) is 0. The number of allylic oxidation sites excluding steroid dienone is 1. The fourth-order valence-corrected chi connectivity index (χ4v) is 5.74. The van der Waals surface area contributed by atoms with E-state index < -0.39 is 0 Å². The van der Waals surface area contributed by atoms with Crippen molar-refractivity contribution in [1.29, 1.82) is 5.26 Å². The summed E-state index contributed by atoms with van der Waals surface area (Å²) >= 11 is 0. The molecular weight excluding hydrogens is 502 g/mol. The second-order valence-corrected chi connectivity index (χ2v) is 10.7. The van der Waals surface area contributed by atoms with Gasteiger partial charge in [0.05, 0.1) is 37.2 Å². The zero-order valence-electron chi connectivity index (χ0n) is 23.0. The van der Waals surface area contributed by atoms with E-state index in [1.54, 1.807) is 17.8 Å². The first kappa shape index (κ1) is 25.8. The standard InChI is InChI=1S/C31H33N7O2/c1-21(2)5-4-10-40-27-12-28(31-24(13-32)16-35-38(31)20-27)23-7-8-29(33-15-23)36-18-25-11-26(19-36)37(25)17-22-6-9-30(39-3)34-14-22/h6-9,12,14-16,20,25-26H,1,4-5,10-11,17-19H2,2-3H3. The molecule has 2 unspecified atom stereocenters. The van der Waals surface area contributed by atoms with Crippen LogP contribution < -0.4 is 14.4 Å². The van der Waals surface area contributed by atoms with Crippen LogP contribution in [0.2, 0.25) is 0 Å². The molecule has 0 spiro atoms. The van der Waals surface area contributed by atoms with Gasteiger partial charge in [0.1, 0.15) is 17.6 Å². The zero-order valence-corrected chi connectivity index (χ0v) is 23.0. The number of nitriles is 1. The summed E-state index contributed by atoms with van der Waals surface area (Å²) in [5.41, 5.74) is 5.44. The Kier molecular flexibility index (Phi) is 7.10. The minimum absolute atomic E-state index is 0.505. The first-order chi connectivity index (χ1) is 19.5. The molecule has 0 radical (unpaired) electrons. The molecule has 9 heteroatoms. The van der Waals surface area contributed by atoms with Crippen molar-refractivity contribution in [2.24, 2.45) is 0 Å². The highest BCUT2D eigenvalue weighted by atomic mass is 16.5. The van der Waals surface area contributed by atoms with E-state index in [1.807, 2.05) is 37.6 Å². The van der Waals surface area contributed by atoms with Crippen molar-refractivity contribution in [2.75, 3.05) is 31.7 Å². The van der Waals surface area contributed by atoms with Gasteiger partial charge in [0.15, 0.2) is 0 Å². The zero-order chi connectivity index (χ0) is 27.6. The maximum atomic E-state index is 9.69. The van der Waals surface area contributed by atoms with Crippen LogP contribution in [0.1, 0.15) is 37.3 Å². The first-order valence-electron chi connectivity index (χ1n) is 13.7. The lowest BCUT2D eigenvalue weighted by molar-refractivity contribution is -0.00876. The monoisotopic (exact) mass is 535 g/mol. The predicted octanol–water partition coefficient (Wildman–Crippen LogP) is 4.87. The number of piperidine rings is 1. The van der Waals surface area contributed by atoms with Gasteiger partial charge in [-0.2, -0.15) is 10.4 Å². The van der Waals surface area contributed by atoms with E-state index in [-0.39, 0.29) is 0 Å². The molecule has 204 valence electrons.